The van der Waals surface area contributed by atoms with E-state index in [0.717, 1.165) is 0 Å². The summed E-state index contributed by atoms with van der Waals surface area (Å²) in [6.45, 7) is 3.09. The van der Waals surface area contributed by atoms with E-state index in [-0.39, 0.29) is 15.1 Å². The molecular formula is C8H7Cl3O3S. The van der Waals surface area contributed by atoms with Gasteiger partial charge in [0.2, 0.25) is 0 Å². The van der Waals surface area contributed by atoms with Crippen molar-refractivity contribution in [1.82, 2.24) is 0 Å². The highest BCUT2D eigenvalue weighted by Crippen LogP contribution is 2.39. The van der Waals surface area contributed by atoms with E-state index in [2.05, 4.69) is 0 Å². The van der Waals surface area contributed by atoms with Crippen molar-refractivity contribution in [2.75, 3.05) is 0 Å². The van der Waals surface area contributed by atoms with Crippen LogP contribution in [0.4, 0.5) is 0 Å². The van der Waals surface area contributed by atoms with Gasteiger partial charge in [-0.2, -0.15) is 8.42 Å². The molecule has 0 aliphatic heterocycles. The van der Waals surface area contributed by atoms with Crippen LogP contribution >= 0.6 is 34.8 Å². The Labute approximate surface area is 103 Å². The standard InChI is InChI=1S/C8H7Cl3O3S/c1-3-5(9)4(2)7(11)8(6(3)10)15(12,13)14/h1-2H3,(H,12,13,14). The summed E-state index contributed by atoms with van der Waals surface area (Å²) in [6, 6.07) is 0. The fourth-order valence-corrected chi connectivity index (χ4v) is 3.19. The molecule has 0 atom stereocenters. The third-order valence-electron chi connectivity index (χ3n) is 1.97. The summed E-state index contributed by atoms with van der Waals surface area (Å²) in [5.41, 5.74) is 0.737. The van der Waals surface area contributed by atoms with Gasteiger partial charge in [-0.1, -0.05) is 34.8 Å². The Morgan fingerprint density at radius 3 is 1.53 bits per heavy atom. The van der Waals surface area contributed by atoms with E-state index in [1.807, 2.05) is 0 Å². The fraction of sp³-hybridized carbons (Fsp3) is 0.250. The Kier molecular flexibility index (Phi) is 3.58. The van der Waals surface area contributed by atoms with Crippen molar-refractivity contribution < 1.29 is 13.0 Å². The molecule has 1 aromatic rings. The monoisotopic (exact) mass is 288 g/mol. The Balaban J connectivity index is 3.84. The molecule has 0 aromatic heterocycles. The molecule has 0 bridgehead atoms. The Bertz CT molecular complexity index is 493. The van der Waals surface area contributed by atoms with Crippen LogP contribution in [-0.4, -0.2) is 13.0 Å². The molecule has 15 heavy (non-hydrogen) atoms. The molecule has 0 aliphatic rings. The van der Waals surface area contributed by atoms with Gasteiger partial charge in [0.05, 0.1) is 10.0 Å². The number of rotatable bonds is 1. The van der Waals surface area contributed by atoms with Crippen molar-refractivity contribution in [3.05, 3.63) is 26.2 Å². The minimum Gasteiger partial charge on any atom is -0.282 e. The van der Waals surface area contributed by atoms with Crippen LogP contribution in [0.1, 0.15) is 11.1 Å². The predicted octanol–water partition coefficient (Wildman–Crippen LogP) is 3.51. The molecule has 0 amide bonds. The number of hydrogen-bond donors (Lipinski definition) is 1. The third kappa shape index (κ3) is 2.24. The van der Waals surface area contributed by atoms with Gasteiger partial charge in [-0.15, -0.1) is 0 Å². The molecule has 0 saturated carbocycles. The van der Waals surface area contributed by atoms with Crippen LogP contribution in [0.5, 0.6) is 0 Å². The van der Waals surface area contributed by atoms with Crippen LogP contribution in [0.25, 0.3) is 0 Å². The average molecular weight is 290 g/mol. The van der Waals surface area contributed by atoms with E-state index in [1.165, 1.54) is 0 Å². The van der Waals surface area contributed by atoms with E-state index in [1.54, 1.807) is 13.8 Å². The molecule has 0 fully saturated rings. The number of benzene rings is 1. The van der Waals surface area contributed by atoms with Gasteiger partial charge in [-0.25, -0.2) is 0 Å². The highest BCUT2D eigenvalue weighted by molar-refractivity contribution is 7.86. The Hall–Kier alpha value is -0.000000000000000167. The third-order valence-corrected chi connectivity index (χ3v) is 4.63. The van der Waals surface area contributed by atoms with Crippen LogP contribution in [0, 0.1) is 13.8 Å². The summed E-state index contributed by atoms with van der Waals surface area (Å²) in [7, 11) is -4.45. The van der Waals surface area contributed by atoms with Crippen LogP contribution < -0.4 is 0 Å². The minimum atomic E-state index is -4.45. The maximum absolute atomic E-state index is 11.0. The number of halogens is 3. The van der Waals surface area contributed by atoms with Crippen LogP contribution in [0.3, 0.4) is 0 Å². The van der Waals surface area contributed by atoms with E-state index >= 15 is 0 Å². The molecule has 1 aromatic carbocycles. The van der Waals surface area contributed by atoms with Gasteiger partial charge in [-0.3, -0.25) is 4.55 Å². The molecule has 0 spiro atoms. The Morgan fingerprint density at radius 1 is 0.933 bits per heavy atom. The zero-order chi connectivity index (χ0) is 12.0. The van der Waals surface area contributed by atoms with Gasteiger partial charge in [0.15, 0.2) is 0 Å². The summed E-state index contributed by atoms with van der Waals surface area (Å²) in [5.74, 6) is 0. The van der Waals surface area contributed by atoms with Crippen LogP contribution in [0.2, 0.25) is 15.1 Å². The van der Waals surface area contributed by atoms with E-state index in [0.29, 0.717) is 11.1 Å². The quantitative estimate of drug-likeness (QED) is 0.805. The van der Waals surface area contributed by atoms with Gasteiger partial charge in [-0.05, 0) is 25.0 Å². The normalized spacial score (nSPS) is 11.9. The van der Waals surface area contributed by atoms with Gasteiger partial charge in [0.25, 0.3) is 10.1 Å². The molecule has 0 saturated heterocycles. The summed E-state index contributed by atoms with van der Waals surface area (Å²) in [4.78, 5) is -0.495. The van der Waals surface area contributed by atoms with Crippen LogP contribution in [0.15, 0.2) is 4.90 Å². The molecule has 7 heteroatoms. The second-order valence-corrected chi connectivity index (χ2v) is 5.49. The Morgan fingerprint density at radius 2 is 1.27 bits per heavy atom. The second-order valence-electron chi connectivity index (χ2n) is 3.00. The summed E-state index contributed by atoms with van der Waals surface area (Å²) in [6.07, 6.45) is 0. The van der Waals surface area contributed by atoms with Crippen LogP contribution in [-0.2, 0) is 10.1 Å². The maximum Gasteiger partial charge on any atom is 0.297 e. The largest absolute Gasteiger partial charge is 0.297 e. The highest BCUT2D eigenvalue weighted by atomic mass is 35.5. The smallest absolute Gasteiger partial charge is 0.282 e. The lowest BCUT2D eigenvalue weighted by Crippen LogP contribution is -2.03. The minimum absolute atomic E-state index is 0.155. The van der Waals surface area contributed by atoms with Gasteiger partial charge >= 0.3 is 0 Å². The highest BCUT2D eigenvalue weighted by Gasteiger charge is 2.24. The fourth-order valence-electron chi connectivity index (χ4n) is 1.14. The summed E-state index contributed by atoms with van der Waals surface area (Å²) in [5, 5.41) is -0.0198. The first-order chi connectivity index (χ1) is 6.68. The van der Waals surface area contributed by atoms with Crippen molar-refractivity contribution >= 4 is 44.9 Å². The van der Waals surface area contributed by atoms with Crippen molar-refractivity contribution in [2.24, 2.45) is 0 Å². The first-order valence-corrected chi connectivity index (χ1v) is 6.36. The molecule has 3 nitrogen and oxygen atoms in total. The first-order valence-electron chi connectivity index (χ1n) is 3.79. The SMILES string of the molecule is Cc1c(Cl)c(C)c(Cl)c(S(=O)(=O)O)c1Cl. The molecule has 1 N–H and O–H groups in total. The maximum atomic E-state index is 11.0. The lowest BCUT2D eigenvalue weighted by molar-refractivity contribution is 0.483. The van der Waals surface area contributed by atoms with E-state index < -0.39 is 15.0 Å². The van der Waals surface area contributed by atoms with Crippen molar-refractivity contribution in [3.8, 4) is 0 Å². The predicted molar refractivity (Wildman–Crippen MR) is 60.8 cm³/mol. The second kappa shape index (κ2) is 4.11. The zero-order valence-electron chi connectivity index (χ0n) is 7.81. The first kappa shape index (κ1) is 13.1. The van der Waals surface area contributed by atoms with Crippen molar-refractivity contribution in [2.45, 2.75) is 18.7 Å². The average Bonchev–Trinajstić information content (AvgIpc) is 2.09. The topological polar surface area (TPSA) is 54.4 Å². The lowest BCUT2D eigenvalue weighted by Gasteiger charge is -2.11. The van der Waals surface area contributed by atoms with E-state index in [4.69, 9.17) is 39.4 Å². The molecule has 84 valence electrons. The van der Waals surface area contributed by atoms with E-state index in [9.17, 15) is 8.42 Å². The molecule has 0 aliphatic carbocycles. The summed E-state index contributed by atoms with van der Waals surface area (Å²) >= 11 is 17.4. The summed E-state index contributed by atoms with van der Waals surface area (Å²) < 4.78 is 31.0. The lowest BCUT2D eigenvalue weighted by atomic mass is 10.1. The van der Waals surface area contributed by atoms with Crippen molar-refractivity contribution in [3.63, 3.8) is 0 Å². The van der Waals surface area contributed by atoms with Crippen molar-refractivity contribution in [1.29, 1.82) is 0 Å². The van der Waals surface area contributed by atoms with Gasteiger partial charge < -0.3 is 0 Å². The molecule has 1 rings (SSSR count). The van der Waals surface area contributed by atoms with Gasteiger partial charge in [0, 0.05) is 5.02 Å². The zero-order valence-corrected chi connectivity index (χ0v) is 10.9. The molecule has 0 heterocycles. The number of hydrogen-bond acceptors (Lipinski definition) is 2. The van der Waals surface area contributed by atoms with Gasteiger partial charge in [0.1, 0.15) is 4.90 Å². The molecular weight excluding hydrogens is 283 g/mol. The molecule has 0 unspecified atom stereocenters. The molecule has 0 radical (unpaired) electrons.